The third kappa shape index (κ3) is 6.64. The van der Waals surface area contributed by atoms with Crippen molar-refractivity contribution in [1.29, 1.82) is 0 Å². The van der Waals surface area contributed by atoms with Gasteiger partial charge in [-0.15, -0.1) is 0 Å². The number of carbonyl (C=O) groups excluding carboxylic acids is 2. The van der Waals surface area contributed by atoms with Crippen molar-refractivity contribution in [2.75, 3.05) is 18.5 Å². The number of amides is 2. The number of aliphatic hydroxyl groups is 1. The van der Waals surface area contributed by atoms with Crippen molar-refractivity contribution in [3.63, 3.8) is 0 Å². The van der Waals surface area contributed by atoms with Gasteiger partial charge in [-0.25, -0.2) is 0 Å². The first kappa shape index (κ1) is 18.7. The highest BCUT2D eigenvalue weighted by molar-refractivity contribution is 6.40. The molecule has 0 saturated carbocycles. The van der Waals surface area contributed by atoms with E-state index < -0.39 is 11.8 Å². The Morgan fingerprint density at radius 3 is 2.27 bits per heavy atom. The molecule has 122 valence electrons. The van der Waals surface area contributed by atoms with Gasteiger partial charge < -0.3 is 15.7 Å². The van der Waals surface area contributed by atoms with Crippen molar-refractivity contribution in [3.8, 4) is 0 Å². The van der Waals surface area contributed by atoms with E-state index in [9.17, 15) is 9.59 Å². The normalized spacial score (nSPS) is 11.1. The molecule has 0 saturated heterocycles. The molecule has 22 heavy (non-hydrogen) atoms. The summed E-state index contributed by atoms with van der Waals surface area (Å²) >= 11 is 11.6. The molecule has 2 amide bonds. The molecule has 0 aliphatic rings. The van der Waals surface area contributed by atoms with Gasteiger partial charge in [0.05, 0.1) is 0 Å². The van der Waals surface area contributed by atoms with E-state index in [1.54, 1.807) is 0 Å². The number of aliphatic hydroxyl groups excluding tert-OH is 1. The highest BCUT2D eigenvalue weighted by Crippen LogP contribution is 2.22. The van der Waals surface area contributed by atoms with E-state index in [2.05, 4.69) is 10.6 Å². The van der Waals surface area contributed by atoms with Crippen molar-refractivity contribution < 1.29 is 14.7 Å². The first-order valence-corrected chi connectivity index (χ1v) is 7.65. The van der Waals surface area contributed by atoms with Crippen LogP contribution in [0.15, 0.2) is 18.2 Å². The minimum atomic E-state index is -0.778. The Hall–Kier alpha value is -1.30. The van der Waals surface area contributed by atoms with Gasteiger partial charge in [0.25, 0.3) is 0 Å². The molecule has 0 unspecified atom stereocenters. The fourth-order valence-corrected chi connectivity index (χ4v) is 2.27. The third-order valence-electron chi connectivity index (χ3n) is 3.07. The van der Waals surface area contributed by atoms with Gasteiger partial charge in [-0.05, 0) is 36.5 Å². The number of halogens is 2. The van der Waals surface area contributed by atoms with E-state index in [0.29, 0.717) is 28.7 Å². The molecule has 7 heteroatoms. The van der Waals surface area contributed by atoms with E-state index in [0.717, 1.165) is 6.42 Å². The molecule has 1 aromatic carbocycles. The average molecular weight is 347 g/mol. The van der Waals surface area contributed by atoms with Crippen LogP contribution in [-0.2, 0) is 9.59 Å². The van der Waals surface area contributed by atoms with Crippen molar-refractivity contribution >= 4 is 40.7 Å². The van der Waals surface area contributed by atoms with Gasteiger partial charge in [-0.3, -0.25) is 9.59 Å². The number of hydrogen-bond donors (Lipinski definition) is 3. The summed E-state index contributed by atoms with van der Waals surface area (Å²) < 4.78 is 0. The maximum Gasteiger partial charge on any atom is 0.313 e. The number of rotatable bonds is 6. The molecule has 3 N–H and O–H groups in total. The van der Waals surface area contributed by atoms with Crippen LogP contribution >= 0.6 is 23.2 Å². The van der Waals surface area contributed by atoms with Crippen LogP contribution in [0.2, 0.25) is 10.0 Å². The van der Waals surface area contributed by atoms with Crippen LogP contribution in [0.5, 0.6) is 0 Å². The lowest BCUT2D eigenvalue weighted by atomic mass is 9.89. The van der Waals surface area contributed by atoms with E-state index >= 15 is 0 Å². The van der Waals surface area contributed by atoms with Gasteiger partial charge in [0.2, 0.25) is 0 Å². The van der Waals surface area contributed by atoms with Gasteiger partial charge >= 0.3 is 11.8 Å². The van der Waals surface area contributed by atoms with Crippen LogP contribution in [-0.4, -0.2) is 30.1 Å². The van der Waals surface area contributed by atoms with Crippen LogP contribution < -0.4 is 10.6 Å². The minimum absolute atomic E-state index is 0.0803. The molecule has 0 radical (unpaired) electrons. The largest absolute Gasteiger partial charge is 0.396 e. The highest BCUT2D eigenvalue weighted by Gasteiger charge is 2.17. The monoisotopic (exact) mass is 346 g/mol. The predicted molar refractivity (Wildman–Crippen MR) is 88.2 cm³/mol. The molecule has 0 bridgehead atoms. The summed E-state index contributed by atoms with van der Waals surface area (Å²) in [5.41, 5.74) is 0.170. The summed E-state index contributed by atoms with van der Waals surface area (Å²) in [6, 6.07) is 4.53. The third-order valence-corrected chi connectivity index (χ3v) is 3.51. The fraction of sp³-hybridized carbons (Fsp3) is 0.467. The van der Waals surface area contributed by atoms with Crippen LogP contribution in [0.25, 0.3) is 0 Å². The summed E-state index contributed by atoms with van der Waals surface area (Å²) in [6.07, 6.45) is 1.42. The lowest BCUT2D eigenvalue weighted by Crippen LogP contribution is -2.36. The van der Waals surface area contributed by atoms with E-state index in [-0.39, 0.29) is 12.0 Å². The lowest BCUT2D eigenvalue weighted by molar-refractivity contribution is -0.136. The van der Waals surface area contributed by atoms with E-state index in [1.807, 2.05) is 13.8 Å². The van der Waals surface area contributed by atoms with Crippen LogP contribution in [0.4, 0.5) is 5.69 Å². The summed E-state index contributed by atoms with van der Waals surface area (Å²) in [5, 5.41) is 14.8. The second-order valence-corrected chi connectivity index (χ2v) is 6.67. The predicted octanol–water partition coefficient (Wildman–Crippen LogP) is 2.85. The van der Waals surface area contributed by atoms with Gasteiger partial charge in [-0.2, -0.15) is 0 Å². The number of nitrogens with one attached hydrogen (secondary N) is 2. The first-order chi connectivity index (χ1) is 10.2. The molecule has 0 atom stereocenters. The zero-order valence-corrected chi connectivity index (χ0v) is 14.1. The molecular formula is C15H20Cl2N2O3. The Morgan fingerprint density at radius 2 is 1.73 bits per heavy atom. The summed E-state index contributed by atoms with van der Waals surface area (Å²) in [5.74, 6) is -1.50. The summed E-state index contributed by atoms with van der Waals surface area (Å²) in [4.78, 5) is 23.4. The zero-order valence-electron chi connectivity index (χ0n) is 12.6. The summed E-state index contributed by atoms with van der Waals surface area (Å²) in [6.45, 7) is 4.32. The minimum Gasteiger partial charge on any atom is -0.396 e. The molecule has 5 nitrogen and oxygen atoms in total. The second-order valence-electron chi connectivity index (χ2n) is 5.79. The lowest BCUT2D eigenvalue weighted by Gasteiger charge is -2.21. The number of carbonyl (C=O) groups is 2. The van der Waals surface area contributed by atoms with Gasteiger partial charge in [-0.1, -0.05) is 37.0 Å². The fourth-order valence-electron chi connectivity index (χ4n) is 1.74. The Balaban J connectivity index is 2.41. The maximum atomic E-state index is 11.7. The number of benzene rings is 1. The summed E-state index contributed by atoms with van der Waals surface area (Å²) in [7, 11) is 0. The molecule has 0 aliphatic heterocycles. The second kappa shape index (κ2) is 8.36. The molecule has 0 spiro atoms. The zero-order chi connectivity index (χ0) is 16.8. The Morgan fingerprint density at radius 1 is 1.14 bits per heavy atom. The molecule has 0 aliphatic carbocycles. The number of anilines is 1. The quantitative estimate of drug-likeness (QED) is 0.547. The first-order valence-electron chi connectivity index (χ1n) is 6.90. The Labute approximate surface area is 140 Å². The smallest absolute Gasteiger partial charge is 0.313 e. The van der Waals surface area contributed by atoms with Crippen molar-refractivity contribution in [2.45, 2.75) is 26.7 Å². The Bertz CT molecular complexity index is 527. The van der Waals surface area contributed by atoms with Crippen LogP contribution in [0.1, 0.15) is 26.7 Å². The van der Waals surface area contributed by atoms with Crippen molar-refractivity contribution in [3.05, 3.63) is 28.2 Å². The standard InChI is InChI=1S/C15H20Cl2N2O3/c1-15(2,9-20)4-3-5-18-13(21)14(22)19-12-7-10(16)6-11(17)8-12/h6-8,20H,3-5,9H2,1-2H3,(H,18,21)(H,19,22). The number of hydrogen-bond acceptors (Lipinski definition) is 3. The van der Waals surface area contributed by atoms with E-state index in [4.69, 9.17) is 28.3 Å². The molecule has 0 fully saturated rings. The van der Waals surface area contributed by atoms with Crippen LogP contribution in [0, 0.1) is 5.41 Å². The average Bonchev–Trinajstić information content (AvgIpc) is 2.42. The Kier molecular flexibility index (Phi) is 7.13. The molecule has 0 aromatic heterocycles. The van der Waals surface area contributed by atoms with Crippen molar-refractivity contribution in [2.24, 2.45) is 5.41 Å². The van der Waals surface area contributed by atoms with Crippen LogP contribution in [0.3, 0.4) is 0 Å². The highest BCUT2D eigenvalue weighted by atomic mass is 35.5. The van der Waals surface area contributed by atoms with E-state index in [1.165, 1.54) is 18.2 Å². The van der Waals surface area contributed by atoms with Gasteiger partial charge in [0, 0.05) is 28.9 Å². The van der Waals surface area contributed by atoms with Crippen molar-refractivity contribution in [1.82, 2.24) is 5.32 Å². The molecular weight excluding hydrogens is 327 g/mol. The maximum absolute atomic E-state index is 11.7. The van der Waals surface area contributed by atoms with Gasteiger partial charge in [0.1, 0.15) is 0 Å². The molecule has 1 aromatic rings. The topological polar surface area (TPSA) is 78.4 Å². The SMILES string of the molecule is CC(C)(CO)CCCNC(=O)C(=O)Nc1cc(Cl)cc(Cl)c1. The molecule has 1 rings (SSSR count). The van der Waals surface area contributed by atoms with Gasteiger partial charge in [0.15, 0.2) is 0 Å². The molecule has 0 heterocycles.